The molecule has 0 aliphatic carbocycles. The summed E-state index contributed by atoms with van der Waals surface area (Å²) in [4.78, 5) is 23.1. The van der Waals surface area contributed by atoms with Gasteiger partial charge in [-0.05, 0) is 49.9 Å². The molecule has 1 amide bonds. The zero-order valence-corrected chi connectivity index (χ0v) is 15.9. The van der Waals surface area contributed by atoms with Gasteiger partial charge in [0.05, 0.1) is 6.26 Å². The molecular weight excluding hydrogens is 360 g/mol. The van der Waals surface area contributed by atoms with Crippen molar-refractivity contribution in [1.29, 1.82) is 0 Å². The highest BCUT2D eigenvalue weighted by molar-refractivity contribution is 7.88. The number of nitrogens with one attached hydrogen (secondary N) is 1. The summed E-state index contributed by atoms with van der Waals surface area (Å²) < 4.78 is 30.2. The van der Waals surface area contributed by atoms with Crippen molar-refractivity contribution in [2.24, 2.45) is 0 Å². The van der Waals surface area contributed by atoms with E-state index >= 15 is 0 Å². The van der Waals surface area contributed by atoms with Gasteiger partial charge in [-0.1, -0.05) is 0 Å². The molecule has 1 saturated heterocycles. The van der Waals surface area contributed by atoms with Crippen molar-refractivity contribution in [3.63, 3.8) is 0 Å². The number of carbonyl (C=O) groups excluding carboxylic acids is 1. The van der Waals surface area contributed by atoms with Crippen LogP contribution in [0.1, 0.15) is 34.3 Å². The first kappa shape index (κ1) is 20.2. The fourth-order valence-corrected chi connectivity index (χ4v) is 4.39. The van der Waals surface area contributed by atoms with Crippen molar-refractivity contribution < 1.29 is 27.9 Å². The van der Waals surface area contributed by atoms with E-state index in [2.05, 4.69) is 5.32 Å². The Morgan fingerprint density at radius 2 is 1.92 bits per heavy atom. The van der Waals surface area contributed by atoms with Crippen molar-refractivity contribution in [2.75, 3.05) is 26.0 Å². The fraction of sp³-hybridized carbons (Fsp3) is 0.529. The molecule has 0 radical (unpaired) electrons. The summed E-state index contributed by atoms with van der Waals surface area (Å²) in [5.41, 5.74) is 1.75. The summed E-state index contributed by atoms with van der Waals surface area (Å²) in [6.07, 6.45) is 2.67. The van der Waals surface area contributed by atoms with E-state index < -0.39 is 22.6 Å². The Hall–Kier alpha value is -2.13. The Bertz CT molecular complexity index is 782. The number of rotatable bonds is 7. The molecule has 1 aliphatic rings. The van der Waals surface area contributed by atoms with Gasteiger partial charge >= 0.3 is 5.97 Å². The summed E-state index contributed by atoms with van der Waals surface area (Å²) in [6, 6.07) is 3.03. The predicted molar refractivity (Wildman–Crippen MR) is 96.0 cm³/mol. The van der Waals surface area contributed by atoms with Crippen LogP contribution < -0.4 is 10.1 Å². The van der Waals surface area contributed by atoms with Crippen LogP contribution in [0.4, 0.5) is 0 Å². The Kier molecular flexibility index (Phi) is 6.25. The zero-order valence-electron chi connectivity index (χ0n) is 15.1. The molecular formula is C17H24N2O6S. The molecule has 0 saturated carbocycles. The number of carbonyl (C=O) groups is 2. The molecule has 0 bridgehead atoms. The standard InChI is InChI=1S/C17H24N2O6S/c1-11-7-13(8-12(2)16(11)25-10-15(20)21)17(22)18-9-14-5-4-6-19(14)26(3,23)24/h7-8,14H,4-6,9-10H2,1-3H3,(H,18,22)(H,20,21)/t14-/m1/s1. The summed E-state index contributed by atoms with van der Waals surface area (Å²) >= 11 is 0. The minimum Gasteiger partial charge on any atom is -0.481 e. The van der Waals surface area contributed by atoms with Crippen LogP contribution in [-0.2, 0) is 14.8 Å². The smallest absolute Gasteiger partial charge is 0.341 e. The van der Waals surface area contributed by atoms with Crippen LogP contribution in [0.25, 0.3) is 0 Å². The third-order valence-corrected chi connectivity index (χ3v) is 5.64. The molecule has 144 valence electrons. The first-order valence-electron chi connectivity index (χ1n) is 8.30. The SMILES string of the molecule is Cc1cc(C(=O)NC[C@H]2CCCN2S(C)(=O)=O)cc(C)c1OCC(=O)O. The molecule has 1 heterocycles. The van der Waals surface area contributed by atoms with Gasteiger partial charge in [-0.2, -0.15) is 4.31 Å². The summed E-state index contributed by atoms with van der Waals surface area (Å²) in [6.45, 7) is 3.76. The van der Waals surface area contributed by atoms with E-state index in [-0.39, 0.29) is 18.5 Å². The molecule has 0 unspecified atom stereocenters. The lowest BCUT2D eigenvalue weighted by Gasteiger charge is -2.22. The number of amides is 1. The number of aryl methyl sites for hydroxylation is 2. The number of sulfonamides is 1. The van der Waals surface area contributed by atoms with Crippen molar-refractivity contribution >= 4 is 21.9 Å². The molecule has 1 atom stereocenters. The first-order chi connectivity index (χ1) is 12.1. The molecule has 1 aromatic carbocycles. The molecule has 1 aliphatic heterocycles. The lowest BCUT2D eigenvalue weighted by molar-refractivity contribution is -0.139. The van der Waals surface area contributed by atoms with Crippen LogP contribution in [-0.4, -0.2) is 61.7 Å². The van der Waals surface area contributed by atoms with Gasteiger partial charge in [-0.15, -0.1) is 0 Å². The number of ether oxygens (including phenoxy) is 1. The molecule has 1 fully saturated rings. The Morgan fingerprint density at radius 3 is 2.46 bits per heavy atom. The number of hydrogen-bond acceptors (Lipinski definition) is 5. The quantitative estimate of drug-likeness (QED) is 0.723. The molecule has 8 nitrogen and oxygen atoms in total. The average Bonchev–Trinajstić information content (AvgIpc) is 3.00. The van der Waals surface area contributed by atoms with Gasteiger partial charge in [0.15, 0.2) is 6.61 Å². The van der Waals surface area contributed by atoms with Crippen LogP contribution in [0.3, 0.4) is 0 Å². The lowest BCUT2D eigenvalue weighted by atomic mass is 10.0. The number of carboxylic acid groups (broad SMARTS) is 1. The highest BCUT2D eigenvalue weighted by Crippen LogP contribution is 2.25. The van der Waals surface area contributed by atoms with E-state index in [1.165, 1.54) is 10.6 Å². The normalized spacial score (nSPS) is 17.9. The van der Waals surface area contributed by atoms with Gasteiger partial charge in [0, 0.05) is 24.7 Å². The largest absolute Gasteiger partial charge is 0.481 e. The van der Waals surface area contributed by atoms with Crippen molar-refractivity contribution in [3.05, 3.63) is 28.8 Å². The molecule has 2 N–H and O–H groups in total. The highest BCUT2D eigenvalue weighted by Gasteiger charge is 2.31. The second kappa shape index (κ2) is 8.05. The van der Waals surface area contributed by atoms with Crippen molar-refractivity contribution in [2.45, 2.75) is 32.7 Å². The monoisotopic (exact) mass is 384 g/mol. The Morgan fingerprint density at radius 1 is 1.31 bits per heavy atom. The maximum absolute atomic E-state index is 12.4. The number of nitrogens with zero attached hydrogens (tertiary/aromatic N) is 1. The predicted octanol–water partition coefficient (Wildman–Crippen LogP) is 0.921. The second-order valence-corrected chi connectivity index (χ2v) is 8.44. The van der Waals surface area contributed by atoms with E-state index in [0.717, 1.165) is 6.42 Å². The van der Waals surface area contributed by atoms with Gasteiger partial charge in [-0.3, -0.25) is 4.79 Å². The molecule has 26 heavy (non-hydrogen) atoms. The first-order valence-corrected chi connectivity index (χ1v) is 10.1. The minimum atomic E-state index is -3.28. The van der Waals surface area contributed by atoms with Crippen LogP contribution in [0.15, 0.2) is 12.1 Å². The Balaban J connectivity index is 2.05. The molecule has 2 rings (SSSR count). The van der Waals surface area contributed by atoms with Crippen LogP contribution >= 0.6 is 0 Å². The van der Waals surface area contributed by atoms with Gasteiger partial charge < -0.3 is 15.2 Å². The second-order valence-electron chi connectivity index (χ2n) is 6.50. The third-order valence-electron chi connectivity index (χ3n) is 4.31. The lowest BCUT2D eigenvalue weighted by Crippen LogP contribution is -2.42. The van der Waals surface area contributed by atoms with Gasteiger partial charge in [0.2, 0.25) is 10.0 Å². The summed E-state index contributed by atoms with van der Waals surface area (Å²) in [5, 5.41) is 11.5. The van der Waals surface area contributed by atoms with Gasteiger partial charge in [0.25, 0.3) is 5.91 Å². The van der Waals surface area contributed by atoms with E-state index in [0.29, 0.717) is 35.4 Å². The van der Waals surface area contributed by atoms with E-state index in [1.54, 1.807) is 26.0 Å². The van der Waals surface area contributed by atoms with Crippen LogP contribution in [0.2, 0.25) is 0 Å². The summed E-state index contributed by atoms with van der Waals surface area (Å²) in [7, 11) is -3.28. The number of benzene rings is 1. The summed E-state index contributed by atoms with van der Waals surface area (Å²) in [5.74, 6) is -0.929. The van der Waals surface area contributed by atoms with E-state index in [9.17, 15) is 18.0 Å². The number of hydrogen-bond donors (Lipinski definition) is 2. The average molecular weight is 384 g/mol. The third kappa shape index (κ3) is 4.95. The van der Waals surface area contributed by atoms with Gasteiger partial charge in [0.1, 0.15) is 5.75 Å². The molecule has 9 heteroatoms. The Labute approximate surface area is 153 Å². The van der Waals surface area contributed by atoms with E-state index in [1.807, 2.05) is 0 Å². The molecule has 0 aromatic heterocycles. The van der Waals surface area contributed by atoms with Crippen molar-refractivity contribution in [1.82, 2.24) is 9.62 Å². The topological polar surface area (TPSA) is 113 Å². The minimum absolute atomic E-state index is 0.227. The fourth-order valence-electron chi connectivity index (χ4n) is 3.21. The maximum atomic E-state index is 12.4. The van der Waals surface area contributed by atoms with Crippen molar-refractivity contribution in [3.8, 4) is 5.75 Å². The highest BCUT2D eigenvalue weighted by atomic mass is 32.2. The maximum Gasteiger partial charge on any atom is 0.341 e. The molecule has 0 spiro atoms. The van der Waals surface area contributed by atoms with Gasteiger partial charge in [-0.25, -0.2) is 13.2 Å². The number of aliphatic carboxylic acids is 1. The molecule has 1 aromatic rings. The van der Waals surface area contributed by atoms with Crippen LogP contribution in [0, 0.1) is 13.8 Å². The zero-order chi connectivity index (χ0) is 19.5. The number of carboxylic acids is 1. The van der Waals surface area contributed by atoms with Crippen LogP contribution in [0.5, 0.6) is 5.75 Å². The van der Waals surface area contributed by atoms with E-state index in [4.69, 9.17) is 9.84 Å².